The van der Waals surface area contributed by atoms with Crippen molar-refractivity contribution in [2.75, 3.05) is 19.7 Å². The molecule has 2 fully saturated rings. The van der Waals surface area contributed by atoms with Gasteiger partial charge in [-0.05, 0) is 31.8 Å². The van der Waals surface area contributed by atoms with Crippen LogP contribution in [0.15, 0.2) is 0 Å². The van der Waals surface area contributed by atoms with E-state index in [9.17, 15) is 4.79 Å². The fraction of sp³-hybridized carbons (Fsp3) is 0.900. The van der Waals surface area contributed by atoms with Gasteiger partial charge in [-0.3, -0.25) is 4.79 Å². The molecule has 2 aliphatic rings. The Bertz CT molecular complexity index is 234. The summed E-state index contributed by atoms with van der Waals surface area (Å²) >= 11 is 0. The largest absolute Gasteiger partial charge is 0.394 e. The average molecular weight is 198 g/mol. The topological polar surface area (TPSA) is 61.4 Å². The van der Waals surface area contributed by atoms with Crippen molar-refractivity contribution in [3.63, 3.8) is 0 Å². The predicted molar refractivity (Wildman–Crippen MR) is 52.7 cm³/mol. The van der Waals surface area contributed by atoms with Gasteiger partial charge in [0.1, 0.15) is 0 Å². The van der Waals surface area contributed by atoms with Crippen LogP contribution >= 0.6 is 0 Å². The van der Waals surface area contributed by atoms with Crippen molar-refractivity contribution < 1.29 is 9.90 Å². The maximum Gasteiger partial charge on any atom is 0.223 e. The van der Waals surface area contributed by atoms with Crippen LogP contribution in [-0.4, -0.2) is 36.2 Å². The molecular formula is C10H18N2O2. The fourth-order valence-corrected chi connectivity index (χ4v) is 1.73. The molecule has 1 saturated heterocycles. The third-order valence-corrected chi connectivity index (χ3v) is 3.48. The first-order valence-corrected chi connectivity index (χ1v) is 5.30. The van der Waals surface area contributed by atoms with Gasteiger partial charge in [0.05, 0.1) is 12.1 Å². The minimum atomic E-state index is -0.261. The van der Waals surface area contributed by atoms with E-state index in [-0.39, 0.29) is 24.0 Å². The number of rotatable bonds is 4. The Kier molecular flexibility index (Phi) is 2.49. The fourth-order valence-electron chi connectivity index (χ4n) is 1.73. The molecule has 0 aromatic rings. The van der Waals surface area contributed by atoms with Crippen LogP contribution in [0, 0.1) is 11.8 Å². The Morgan fingerprint density at radius 1 is 1.64 bits per heavy atom. The predicted octanol–water partition coefficient (Wildman–Crippen LogP) is -0.517. The highest BCUT2D eigenvalue weighted by atomic mass is 16.3. The van der Waals surface area contributed by atoms with Crippen LogP contribution in [0.3, 0.4) is 0 Å². The van der Waals surface area contributed by atoms with Crippen molar-refractivity contribution >= 4 is 5.91 Å². The standard InChI is InChI=1S/C10H18N2O2/c1-7(8-4-11-5-8)9(14)12-10(6-13)2-3-10/h7-8,11,13H,2-6H2,1H3,(H,12,14). The lowest BCUT2D eigenvalue weighted by Crippen LogP contribution is -2.52. The minimum absolute atomic E-state index is 0.0697. The SMILES string of the molecule is CC(C(=O)NC1(CO)CC1)C1CNC1. The number of aliphatic hydroxyl groups excluding tert-OH is 1. The first-order valence-electron chi connectivity index (χ1n) is 5.30. The number of nitrogens with one attached hydrogen (secondary N) is 2. The van der Waals surface area contributed by atoms with Crippen LogP contribution in [0.4, 0.5) is 0 Å². The third-order valence-electron chi connectivity index (χ3n) is 3.48. The molecule has 14 heavy (non-hydrogen) atoms. The zero-order chi connectivity index (χ0) is 10.2. The van der Waals surface area contributed by atoms with Crippen molar-refractivity contribution in [3.8, 4) is 0 Å². The molecule has 1 atom stereocenters. The monoisotopic (exact) mass is 198 g/mol. The lowest BCUT2D eigenvalue weighted by atomic mass is 9.88. The second-order valence-corrected chi connectivity index (χ2v) is 4.63. The van der Waals surface area contributed by atoms with E-state index in [1.54, 1.807) is 0 Å². The van der Waals surface area contributed by atoms with Gasteiger partial charge in [-0.25, -0.2) is 0 Å². The zero-order valence-corrected chi connectivity index (χ0v) is 8.55. The molecule has 0 radical (unpaired) electrons. The number of aliphatic hydroxyl groups is 1. The molecule has 4 heteroatoms. The number of carbonyl (C=O) groups is 1. The Hall–Kier alpha value is -0.610. The minimum Gasteiger partial charge on any atom is -0.394 e. The van der Waals surface area contributed by atoms with Crippen LogP contribution in [-0.2, 0) is 4.79 Å². The first kappa shape index (κ1) is 9.93. The van der Waals surface area contributed by atoms with Crippen molar-refractivity contribution in [1.82, 2.24) is 10.6 Å². The van der Waals surface area contributed by atoms with Crippen LogP contribution in [0.2, 0.25) is 0 Å². The second kappa shape index (κ2) is 3.51. The van der Waals surface area contributed by atoms with Crippen molar-refractivity contribution in [2.45, 2.75) is 25.3 Å². The van der Waals surface area contributed by atoms with E-state index in [0.717, 1.165) is 25.9 Å². The van der Waals surface area contributed by atoms with Crippen LogP contribution in [0.1, 0.15) is 19.8 Å². The molecule has 0 bridgehead atoms. The van der Waals surface area contributed by atoms with Gasteiger partial charge < -0.3 is 15.7 Å². The number of amides is 1. The molecule has 80 valence electrons. The Balaban J connectivity index is 1.82. The van der Waals surface area contributed by atoms with E-state index < -0.39 is 0 Å². The summed E-state index contributed by atoms with van der Waals surface area (Å²) in [7, 11) is 0. The lowest BCUT2D eigenvalue weighted by Gasteiger charge is -2.32. The molecule has 1 saturated carbocycles. The molecule has 1 amide bonds. The van der Waals surface area contributed by atoms with Crippen molar-refractivity contribution in [1.29, 1.82) is 0 Å². The van der Waals surface area contributed by atoms with Gasteiger partial charge >= 0.3 is 0 Å². The summed E-state index contributed by atoms with van der Waals surface area (Å²) in [4.78, 5) is 11.7. The number of carbonyl (C=O) groups excluding carboxylic acids is 1. The Morgan fingerprint density at radius 2 is 2.29 bits per heavy atom. The highest BCUT2D eigenvalue weighted by molar-refractivity contribution is 5.80. The quantitative estimate of drug-likeness (QED) is 0.570. The van der Waals surface area contributed by atoms with Crippen LogP contribution in [0.5, 0.6) is 0 Å². The highest BCUT2D eigenvalue weighted by Crippen LogP contribution is 2.35. The molecule has 4 nitrogen and oxygen atoms in total. The smallest absolute Gasteiger partial charge is 0.223 e. The van der Waals surface area contributed by atoms with E-state index in [1.165, 1.54) is 0 Å². The average Bonchev–Trinajstić information content (AvgIpc) is 2.82. The van der Waals surface area contributed by atoms with Gasteiger partial charge in [0, 0.05) is 5.92 Å². The zero-order valence-electron chi connectivity index (χ0n) is 8.55. The summed E-state index contributed by atoms with van der Waals surface area (Å²) in [6, 6.07) is 0. The van der Waals surface area contributed by atoms with Crippen LogP contribution < -0.4 is 10.6 Å². The molecule has 3 N–H and O–H groups in total. The van der Waals surface area contributed by atoms with E-state index in [0.29, 0.717) is 5.92 Å². The Labute approximate surface area is 84.1 Å². The summed E-state index contributed by atoms with van der Waals surface area (Å²) in [5.41, 5.74) is -0.261. The van der Waals surface area contributed by atoms with Crippen LogP contribution in [0.25, 0.3) is 0 Å². The Morgan fingerprint density at radius 3 is 2.64 bits per heavy atom. The molecule has 0 aromatic carbocycles. The van der Waals surface area contributed by atoms with E-state index in [2.05, 4.69) is 10.6 Å². The van der Waals surface area contributed by atoms with Crippen molar-refractivity contribution in [2.24, 2.45) is 11.8 Å². The molecule has 1 unspecified atom stereocenters. The maximum atomic E-state index is 11.7. The first-order chi connectivity index (χ1) is 6.67. The number of hydrogen-bond donors (Lipinski definition) is 3. The van der Waals surface area contributed by atoms with E-state index >= 15 is 0 Å². The molecule has 0 aromatic heterocycles. The molecule has 0 spiro atoms. The van der Waals surface area contributed by atoms with E-state index in [4.69, 9.17) is 5.11 Å². The maximum absolute atomic E-state index is 11.7. The summed E-state index contributed by atoms with van der Waals surface area (Å²) in [5, 5.41) is 15.2. The van der Waals surface area contributed by atoms with Gasteiger partial charge in [-0.2, -0.15) is 0 Å². The molecular weight excluding hydrogens is 180 g/mol. The molecule has 1 aliphatic carbocycles. The summed E-state index contributed by atoms with van der Waals surface area (Å²) in [6.07, 6.45) is 1.84. The third kappa shape index (κ3) is 1.77. The number of hydrogen-bond acceptors (Lipinski definition) is 3. The normalized spacial score (nSPS) is 26.4. The highest BCUT2D eigenvalue weighted by Gasteiger charge is 2.44. The summed E-state index contributed by atoms with van der Waals surface area (Å²) in [5.74, 6) is 0.646. The second-order valence-electron chi connectivity index (χ2n) is 4.63. The van der Waals surface area contributed by atoms with Gasteiger partial charge in [0.25, 0.3) is 0 Å². The van der Waals surface area contributed by atoms with E-state index in [1.807, 2.05) is 6.92 Å². The summed E-state index contributed by atoms with van der Waals surface area (Å²) < 4.78 is 0. The molecule has 1 aliphatic heterocycles. The lowest BCUT2D eigenvalue weighted by molar-refractivity contribution is -0.128. The van der Waals surface area contributed by atoms with Gasteiger partial charge in [0.2, 0.25) is 5.91 Å². The summed E-state index contributed by atoms with van der Waals surface area (Å²) in [6.45, 7) is 3.93. The molecule has 2 rings (SSSR count). The van der Waals surface area contributed by atoms with Gasteiger partial charge in [0.15, 0.2) is 0 Å². The van der Waals surface area contributed by atoms with Gasteiger partial charge in [-0.1, -0.05) is 6.92 Å². The van der Waals surface area contributed by atoms with Gasteiger partial charge in [-0.15, -0.1) is 0 Å². The van der Waals surface area contributed by atoms with Crippen molar-refractivity contribution in [3.05, 3.63) is 0 Å². The molecule has 1 heterocycles.